The van der Waals surface area contributed by atoms with Gasteiger partial charge in [-0.1, -0.05) is 26.0 Å². The number of alkyl halides is 1. The zero-order valence-electron chi connectivity index (χ0n) is 8.13. The van der Waals surface area contributed by atoms with Crippen LogP contribution in [0.15, 0.2) is 12.2 Å². The molecule has 2 unspecified atom stereocenters. The smallest absolute Gasteiger partial charge is 0.115 e. The van der Waals surface area contributed by atoms with Gasteiger partial charge in [0, 0.05) is 12.6 Å². The van der Waals surface area contributed by atoms with E-state index in [0.717, 1.165) is 0 Å². The van der Waals surface area contributed by atoms with Crippen LogP contribution in [0.25, 0.3) is 0 Å². The van der Waals surface area contributed by atoms with Crippen LogP contribution < -0.4 is 0 Å². The molecule has 1 nitrogen and oxygen atoms in total. The Kier molecular flexibility index (Phi) is 3.27. The van der Waals surface area contributed by atoms with E-state index in [1.807, 2.05) is 7.05 Å². The third-order valence-corrected chi connectivity index (χ3v) is 2.27. The Balaban J connectivity index is 2.42. The number of halogens is 1. The average molecular weight is 171 g/mol. The second kappa shape index (κ2) is 4.04. The predicted molar refractivity (Wildman–Crippen MR) is 49.9 cm³/mol. The maximum Gasteiger partial charge on any atom is 0.115 e. The molecule has 0 amide bonds. The molecule has 0 saturated carbocycles. The molecule has 0 spiro atoms. The van der Waals surface area contributed by atoms with E-state index in [4.69, 9.17) is 0 Å². The average Bonchev–Trinajstić information content (AvgIpc) is 2.26. The maximum absolute atomic E-state index is 12.9. The minimum atomic E-state index is -0.628. The molecular weight excluding hydrogens is 153 g/mol. The fourth-order valence-electron chi connectivity index (χ4n) is 1.54. The van der Waals surface area contributed by atoms with Gasteiger partial charge in [0.2, 0.25) is 0 Å². The third-order valence-electron chi connectivity index (χ3n) is 2.27. The van der Waals surface area contributed by atoms with Crippen LogP contribution in [-0.2, 0) is 0 Å². The van der Waals surface area contributed by atoms with Crippen LogP contribution in [0.3, 0.4) is 0 Å². The Hall–Kier alpha value is -0.370. The Morgan fingerprint density at radius 3 is 2.58 bits per heavy atom. The van der Waals surface area contributed by atoms with Gasteiger partial charge in [-0.3, -0.25) is 4.90 Å². The highest BCUT2D eigenvalue weighted by Crippen LogP contribution is 2.19. The molecular formula is C10H18FN. The quantitative estimate of drug-likeness (QED) is 0.576. The van der Waals surface area contributed by atoms with Gasteiger partial charge < -0.3 is 0 Å². The van der Waals surface area contributed by atoms with E-state index in [0.29, 0.717) is 24.9 Å². The first kappa shape index (κ1) is 9.72. The first-order valence-electron chi connectivity index (χ1n) is 4.62. The van der Waals surface area contributed by atoms with Gasteiger partial charge >= 0.3 is 0 Å². The molecule has 0 N–H and O–H groups in total. The summed E-state index contributed by atoms with van der Waals surface area (Å²) in [5, 5.41) is 0. The lowest BCUT2D eigenvalue weighted by Crippen LogP contribution is -2.22. The van der Waals surface area contributed by atoms with Crippen molar-refractivity contribution in [2.75, 3.05) is 13.6 Å². The molecule has 1 heterocycles. The van der Waals surface area contributed by atoms with Crippen molar-refractivity contribution in [2.45, 2.75) is 32.5 Å². The highest BCUT2D eigenvalue weighted by molar-refractivity contribution is 5.00. The molecule has 1 saturated heterocycles. The lowest BCUT2D eigenvalue weighted by atomic mass is 10.1. The minimum Gasteiger partial charge on any atom is -0.297 e. The van der Waals surface area contributed by atoms with Crippen LogP contribution in [0, 0.1) is 5.92 Å². The molecule has 0 aliphatic carbocycles. The number of likely N-dealkylation sites (N-methyl/N-ethyl adjacent to an activating group) is 1. The highest BCUT2D eigenvalue weighted by atomic mass is 19.1. The van der Waals surface area contributed by atoms with Gasteiger partial charge in [-0.05, 0) is 19.4 Å². The summed E-state index contributed by atoms with van der Waals surface area (Å²) in [4.78, 5) is 2.07. The lowest BCUT2D eigenvalue weighted by Gasteiger charge is -2.14. The highest BCUT2D eigenvalue weighted by Gasteiger charge is 2.26. The maximum atomic E-state index is 12.9. The van der Waals surface area contributed by atoms with Crippen LogP contribution in [0.4, 0.5) is 4.39 Å². The molecule has 2 heteroatoms. The number of allylic oxidation sites excluding steroid dienone is 1. The first-order chi connectivity index (χ1) is 5.59. The zero-order valence-corrected chi connectivity index (χ0v) is 8.13. The van der Waals surface area contributed by atoms with Crippen molar-refractivity contribution in [3.05, 3.63) is 12.2 Å². The van der Waals surface area contributed by atoms with Crippen molar-refractivity contribution in [1.29, 1.82) is 0 Å². The number of nitrogens with zero attached hydrogens (tertiary/aromatic N) is 1. The largest absolute Gasteiger partial charge is 0.297 e. The Labute approximate surface area is 74.3 Å². The monoisotopic (exact) mass is 171 g/mol. The molecule has 70 valence electrons. The normalized spacial score (nSPS) is 32.4. The molecule has 0 radical (unpaired) electrons. The van der Waals surface area contributed by atoms with Crippen LogP contribution in [0.2, 0.25) is 0 Å². The van der Waals surface area contributed by atoms with E-state index >= 15 is 0 Å². The predicted octanol–water partition coefficient (Wildman–Crippen LogP) is 2.24. The van der Waals surface area contributed by atoms with Crippen molar-refractivity contribution in [3.8, 4) is 0 Å². The van der Waals surface area contributed by atoms with E-state index in [-0.39, 0.29) is 0 Å². The number of hydrogen-bond donors (Lipinski definition) is 0. The van der Waals surface area contributed by atoms with Gasteiger partial charge in [0.25, 0.3) is 0 Å². The van der Waals surface area contributed by atoms with Gasteiger partial charge in [-0.2, -0.15) is 0 Å². The molecule has 0 aromatic heterocycles. The Morgan fingerprint density at radius 2 is 2.17 bits per heavy atom. The summed E-state index contributed by atoms with van der Waals surface area (Å²) in [5.74, 6) is 0.567. The van der Waals surface area contributed by atoms with E-state index in [1.54, 1.807) is 0 Å². The van der Waals surface area contributed by atoms with E-state index < -0.39 is 6.17 Å². The summed E-state index contributed by atoms with van der Waals surface area (Å²) in [6.07, 6.45) is 4.32. The molecule has 2 atom stereocenters. The second-order valence-electron chi connectivity index (χ2n) is 3.97. The van der Waals surface area contributed by atoms with Gasteiger partial charge in [0.05, 0.1) is 0 Å². The van der Waals surface area contributed by atoms with Crippen molar-refractivity contribution >= 4 is 0 Å². The van der Waals surface area contributed by atoms with Crippen molar-refractivity contribution in [1.82, 2.24) is 4.90 Å². The SMILES string of the molecule is CC(C)/C=C/C1CC(F)CN1C. The van der Waals surface area contributed by atoms with Gasteiger partial charge in [0.15, 0.2) is 0 Å². The molecule has 0 aromatic carbocycles. The van der Waals surface area contributed by atoms with Gasteiger partial charge in [-0.15, -0.1) is 0 Å². The van der Waals surface area contributed by atoms with Gasteiger partial charge in [-0.25, -0.2) is 4.39 Å². The van der Waals surface area contributed by atoms with E-state index in [2.05, 4.69) is 30.9 Å². The third kappa shape index (κ3) is 2.59. The molecule has 12 heavy (non-hydrogen) atoms. The first-order valence-corrected chi connectivity index (χ1v) is 4.62. The van der Waals surface area contributed by atoms with Crippen molar-refractivity contribution in [2.24, 2.45) is 5.92 Å². The minimum absolute atomic E-state index is 0.322. The fourth-order valence-corrected chi connectivity index (χ4v) is 1.54. The molecule has 1 fully saturated rings. The molecule has 1 aliphatic heterocycles. The Morgan fingerprint density at radius 1 is 1.50 bits per heavy atom. The van der Waals surface area contributed by atoms with Crippen LogP contribution >= 0.6 is 0 Å². The summed E-state index contributed by atoms with van der Waals surface area (Å²) in [6, 6.07) is 0.322. The van der Waals surface area contributed by atoms with Crippen molar-refractivity contribution in [3.63, 3.8) is 0 Å². The summed E-state index contributed by atoms with van der Waals surface area (Å²) in [7, 11) is 1.98. The summed E-state index contributed by atoms with van der Waals surface area (Å²) >= 11 is 0. The zero-order chi connectivity index (χ0) is 9.14. The topological polar surface area (TPSA) is 3.24 Å². The fraction of sp³-hybridized carbons (Fsp3) is 0.800. The molecule has 0 bridgehead atoms. The van der Waals surface area contributed by atoms with Gasteiger partial charge in [0.1, 0.15) is 6.17 Å². The van der Waals surface area contributed by atoms with Crippen molar-refractivity contribution < 1.29 is 4.39 Å². The molecule has 1 rings (SSSR count). The van der Waals surface area contributed by atoms with Crippen LogP contribution in [0.5, 0.6) is 0 Å². The Bertz CT molecular complexity index is 165. The van der Waals surface area contributed by atoms with E-state index in [9.17, 15) is 4.39 Å². The molecule has 0 aromatic rings. The lowest BCUT2D eigenvalue weighted by molar-refractivity contribution is 0.311. The number of rotatable bonds is 2. The van der Waals surface area contributed by atoms with Crippen LogP contribution in [0.1, 0.15) is 20.3 Å². The summed E-state index contributed by atoms with van der Waals surface area (Å²) in [5.41, 5.74) is 0. The molecule has 1 aliphatic rings. The standard InChI is InChI=1S/C10H18FN/c1-8(2)4-5-10-6-9(11)7-12(10)3/h4-5,8-10H,6-7H2,1-3H3/b5-4+. The number of likely N-dealkylation sites (tertiary alicyclic amines) is 1. The number of hydrogen-bond acceptors (Lipinski definition) is 1. The van der Waals surface area contributed by atoms with E-state index in [1.165, 1.54) is 0 Å². The second-order valence-corrected chi connectivity index (χ2v) is 3.97. The summed E-state index contributed by atoms with van der Waals surface area (Å²) in [6.45, 7) is 4.86. The van der Waals surface area contributed by atoms with Crippen LogP contribution in [-0.4, -0.2) is 30.7 Å². The summed E-state index contributed by atoms with van der Waals surface area (Å²) < 4.78 is 12.9.